The molecule has 0 saturated carbocycles. The zero-order valence-corrected chi connectivity index (χ0v) is 14.3. The van der Waals surface area contributed by atoms with Crippen molar-refractivity contribution in [3.63, 3.8) is 0 Å². The van der Waals surface area contributed by atoms with Crippen LogP contribution in [-0.2, 0) is 17.3 Å². The first-order valence-corrected chi connectivity index (χ1v) is 9.47. The Bertz CT molecular complexity index is 624. The highest BCUT2D eigenvalue weighted by atomic mass is 32.2. The molecule has 6 heteroatoms. The zero-order chi connectivity index (χ0) is 15.9. The Morgan fingerprint density at radius 3 is 2.55 bits per heavy atom. The maximum Gasteiger partial charge on any atom is 0.315 e. The second-order valence-electron chi connectivity index (χ2n) is 5.08. The number of carbonyl (C=O) groups is 1. The molecule has 0 aliphatic carbocycles. The maximum atomic E-state index is 11.8. The highest BCUT2D eigenvalue weighted by Crippen LogP contribution is 2.19. The van der Waals surface area contributed by atoms with Crippen LogP contribution in [-0.4, -0.2) is 23.0 Å². The van der Waals surface area contributed by atoms with E-state index in [2.05, 4.69) is 23.6 Å². The Labute approximate surface area is 137 Å². The van der Waals surface area contributed by atoms with Crippen LogP contribution < -0.4 is 10.6 Å². The van der Waals surface area contributed by atoms with Gasteiger partial charge in [0.25, 0.3) is 0 Å². The normalized spacial score (nSPS) is 13.4. The van der Waals surface area contributed by atoms with E-state index in [1.165, 1.54) is 4.88 Å². The number of nitrogens with one attached hydrogen (secondary N) is 2. The minimum Gasteiger partial charge on any atom is -0.338 e. The predicted molar refractivity (Wildman–Crippen MR) is 91.7 cm³/mol. The van der Waals surface area contributed by atoms with Crippen molar-refractivity contribution in [3.05, 3.63) is 52.2 Å². The molecule has 1 heterocycles. The fourth-order valence-electron chi connectivity index (χ4n) is 1.96. The van der Waals surface area contributed by atoms with Gasteiger partial charge in [-0.25, -0.2) is 4.79 Å². The Kier molecular flexibility index (Phi) is 6.15. The Morgan fingerprint density at radius 2 is 1.95 bits per heavy atom. The number of urea groups is 1. The summed E-state index contributed by atoms with van der Waals surface area (Å²) < 4.78 is 11.3. The molecule has 22 heavy (non-hydrogen) atoms. The summed E-state index contributed by atoms with van der Waals surface area (Å²) in [4.78, 5) is 13.9. The predicted octanol–water partition coefficient (Wildman–Crippen LogP) is 3.09. The number of carbonyl (C=O) groups excluding carboxylic acids is 1. The molecule has 2 amide bonds. The number of amides is 2. The molecule has 0 aliphatic heterocycles. The van der Waals surface area contributed by atoms with Crippen LogP contribution in [0.1, 0.15) is 23.3 Å². The van der Waals surface area contributed by atoms with E-state index in [-0.39, 0.29) is 6.03 Å². The summed E-state index contributed by atoms with van der Waals surface area (Å²) in [6, 6.07) is 11.3. The smallest absolute Gasteiger partial charge is 0.315 e. The van der Waals surface area contributed by atoms with Crippen molar-refractivity contribution in [1.82, 2.24) is 10.6 Å². The third-order valence-corrected chi connectivity index (χ3v) is 5.35. The average molecular weight is 336 g/mol. The van der Waals surface area contributed by atoms with Gasteiger partial charge < -0.3 is 10.6 Å². The van der Waals surface area contributed by atoms with E-state index in [9.17, 15) is 9.00 Å². The van der Waals surface area contributed by atoms with Gasteiger partial charge in [0.15, 0.2) is 0 Å². The molecule has 0 unspecified atom stereocenters. The lowest BCUT2D eigenvalue weighted by atomic mass is 10.1. The van der Waals surface area contributed by atoms with Crippen LogP contribution in [0.4, 0.5) is 4.79 Å². The highest BCUT2D eigenvalue weighted by molar-refractivity contribution is 7.84. The summed E-state index contributed by atoms with van der Waals surface area (Å²) in [5, 5.41) is 7.74. The Hall–Kier alpha value is -1.66. The number of thiophene rings is 1. The van der Waals surface area contributed by atoms with Crippen LogP contribution in [0.5, 0.6) is 0 Å². The van der Waals surface area contributed by atoms with Crippen molar-refractivity contribution in [3.8, 4) is 0 Å². The molecule has 1 aromatic carbocycles. The minimum atomic E-state index is -0.972. The molecular formula is C16H20N2O2S2. The van der Waals surface area contributed by atoms with Gasteiger partial charge >= 0.3 is 6.03 Å². The van der Waals surface area contributed by atoms with Gasteiger partial charge in [-0.2, -0.15) is 0 Å². The van der Waals surface area contributed by atoms with Gasteiger partial charge in [-0.1, -0.05) is 25.1 Å². The maximum absolute atomic E-state index is 11.8. The van der Waals surface area contributed by atoms with E-state index in [1.54, 1.807) is 17.6 Å². The first-order valence-electron chi connectivity index (χ1n) is 7.03. The van der Waals surface area contributed by atoms with E-state index in [0.29, 0.717) is 19.0 Å². The molecular weight excluding hydrogens is 316 g/mol. The van der Waals surface area contributed by atoms with Crippen molar-refractivity contribution in [2.45, 2.75) is 24.3 Å². The first kappa shape index (κ1) is 16.7. The minimum absolute atomic E-state index is 0.174. The number of benzene rings is 1. The van der Waals surface area contributed by atoms with Crippen molar-refractivity contribution < 1.29 is 9.00 Å². The van der Waals surface area contributed by atoms with Gasteiger partial charge in [0.05, 0.1) is 0 Å². The molecule has 2 atom stereocenters. The van der Waals surface area contributed by atoms with E-state index < -0.39 is 10.8 Å². The van der Waals surface area contributed by atoms with Gasteiger partial charge in [0.2, 0.25) is 0 Å². The topological polar surface area (TPSA) is 58.2 Å². The average Bonchev–Trinajstić information content (AvgIpc) is 3.05. The van der Waals surface area contributed by atoms with Crippen molar-refractivity contribution in [2.24, 2.45) is 0 Å². The largest absolute Gasteiger partial charge is 0.338 e. The number of rotatable bonds is 6. The lowest BCUT2D eigenvalue weighted by Gasteiger charge is -2.12. The molecule has 0 fully saturated rings. The van der Waals surface area contributed by atoms with E-state index in [4.69, 9.17) is 0 Å². The van der Waals surface area contributed by atoms with Crippen LogP contribution in [0, 0.1) is 0 Å². The van der Waals surface area contributed by atoms with Crippen LogP contribution in [0.3, 0.4) is 0 Å². The van der Waals surface area contributed by atoms with Crippen LogP contribution in [0.2, 0.25) is 0 Å². The molecule has 2 aromatic rings. The standard InChI is InChI=1S/C16H20N2O2S2/c1-12(15-4-3-9-21-15)10-17-16(19)18-11-13-5-7-14(8-6-13)22(2)20/h3-9,12H,10-11H2,1-2H3,(H2,17,18,19)/t12-,22+/m1/s1. The molecule has 2 rings (SSSR count). The van der Waals surface area contributed by atoms with Crippen molar-refractivity contribution in [2.75, 3.05) is 12.8 Å². The second kappa shape index (κ2) is 8.10. The molecule has 0 bridgehead atoms. The van der Waals surface area contributed by atoms with Crippen molar-refractivity contribution in [1.29, 1.82) is 0 Å². The lowest BCUT2D eigenvalue weighted by Crippen LogP contribution is -2.36. The van der Waals surface area contributed by atoms with Gasteiger partial charge in [0, 0.05) is 45.8 Å². The van der Waals surface area contributed by atoms with Gasteiger partial charge in [-0.05, 0) is 29.1 Å². The summed E-state index contributed by atoms with van der Waals surface area (Å²) in [5.41, 5.74) is 0.982. The lowest BCUT2D eigenvalue weighted by molar-refractivity contribution is 0.240. The SMILES string of the molecule is C[C@H](CNC(=O)NCc1ccc([S@](C)=O)cc1)c1cccs1. The summed E-state index contributed by atoms with van der Waals surface area (Å²) >= 11 is 1.70. The molecule has 0 radical (unpaired) electrons. The summed E-state index contributed by atoms with van der Waals surface area (Å²) in [7, 11) is -0.972. The van der Waals surface area contributed by atoms with Gasteiger partial charge in [0.1, 0.15) is 0 Å². The highest BCUT2D eigenvalue weighted by Gasteiger charge is 2.08. The third-order valence-electron chi connectivity index (χ3n) is 3.31. The number of hydrogen-bond donors (Lipinski definition) is 2. The Morgan fingerprint density at radius 1 is 1.23 bits per heavy atom. The Balaban J connectivity index is 1.74. The van der Waals surface area contributed by atoms with Crippen LogP contribution >= 0.6 is 11.3 Å². The van der Waals surface area contributed by atoms with Crippen LogP contribution in [0.25, 0.3) is 0 Å². The molecule has 1 aromatic heterocycles. The molecule has 0 saturated heterocycles. The fraction of sp³-hybridized carbons (Fsp3) is 0.312. The van der Waals surface area contributed by atoms with E-state index >= 15 is 0 Å². The molecule has 118 valence electrons. The molecule has 4 nitrogen and oxygen atoms in total. The third kappa shape index (κ3) is 4.96. The fourth-order valence-corrected chi connectivity index (χ4v) is 3.27. The van der Waals surface area contributed by atoms with Gasteiger partial charge in [-0.15, -0.1) is 11.3 Å². The van der Waals surface area contributed by atoms with Gasteiger partial charge in [-0.3, -0.25) is 4.21 Å². The van der Waals surface area contributed by atoms with E-state index in [0.717, 1.165) is 10.5 Å². The second-order valence-corrected chi connectivity index (χ2v) is 7.44. The molecule has 0 aliphatic rings. The van der Waals surface area contributed by atoms with Crippen LogP contribution in [0.15, 0.2) is 46.7 Å². The van der Waals surface area contributed by atoms with E-state index in [1.807, 2.05) is 35.7 Å². The monoisotopic (exact) mass is 336 g/mol. The summed E-state index contributed by atoms with van der Waals surface area (Å²) in [6.45, 7) is 3.16. The first-order chi connectivity index (χ1) is 10.6. The zero-order valence-electron chi connectivity index (χ0n) is 12.7. The van der Waals surface area contributed by atoms with Crippen molar-refractivity contribution >= 4 is 28.2 Å². The molecule has 0 spiro atoms. The number of hydrogen-bond acceptors (Lipinski definition) is 3. The quantitative estimate of drug-likeness (QED) is 0.852. The summed E-state index contributed by atoms with van der Waals surface area (Å²) in [5.74, 6) is 0.310. The summed E-state index contributed by atoms with van der Waals surface area (Å²) in [6.07, 6.45) is 1.65. The molecule has 2 N–H and O–H groups in total.